The van der Waals surface area contributed by atoms with E-state index in [9.17, 15) is 4.79 Å². The molecule has 0 bridgehead atoms. The lowest BCUT2D eigenvalue weighted by atomic mass is 10.2. The van der Waals surface area contributed by atoms with Crippen molar-refractivity contribution >= 4 is 22.6 Å². The van der Waals surface area contributed by atoms with Crippen molar-refractivity contribution in [2.45, 2.75) is 18.8 Å². The van der Waals surface area contributed by atoms with Gasteiger partial charge in [0.15, 0.2) is 11.5 Å². The largest absolute Gasteiger partial charge is 0.497 e. The molecule has 1 N–H and O–H groups in total. The number of hydrogen-bond acceptors (Lipinski definition) is 7. The van der Waals surface area contributed by atoms with Gasteiger partial charge in [-0.1, -0.05) is 30.3 Å². The molecule has 0 spiro atoms. The number of rotatable bonds is 6. The molecule has 30 heavy (non-hydrogen) atoms. The number of nitrogens with one attached hydrogen (secondary N) is 1. The zero-order valence-electron chi connectivity index (χ0n) is 16.2. The lowest BCUT2D eigenvalue weighted by Crippen LogP contribution is -2.14. The topological polar surface area (TPSA) is 90.1 Å². The predicted molar refractivity (Wildman–Crippen MR) is 114 cm³/mol. The van der Waals surface area contributed by atoms with Gasteiger partial charge in [0.05, 0.1) is 7.11 Å². The molecule has 150 valence electrons. The van der Waals surface area contributed by atoms with E-state index in [0.29, 0.717) is 28.3 Å². The standard InChI is InChI=1S/C22H18N4O3S/c1-28-16-9-5-8-15(12-16)19-24-22(30-26-19)25-20(27)17-18(13-10-11-13)29-21(23-17)14-6-3-2-4-7-14/h2-9,12-13H,10-11H2,1H3,(H,24,25,26,27). The highest BCUT2D eigenvalue weighted by Crippen LogP contribution is 2.43. The second kappa shape index (κ2) is 7.72. The summed E-state index contributed by atoms with van der Waals surface area (Å²) in [6.07, 6.45) is 2.00. The molecule has 1 aliphatic rings. The number of ether oxygens (including phenoxy) is 1. The van der Waals surface area contributed by atoms with Gasteiger partial charge in [-0.25, -0.2) is 4.98 Å². The maximum absolute atomic E-state index is 12.9. The summed E-state index contributed by atoms with van der Waals surface area (Å²) < 4.78 is 15.6. The average Bonchev–Trinajstić information content (AvgIpc) is 3.36. The molecule has 2 aromatic heterocycles. The maximum atomic E-state index is 12.9. The summed E-state index contributed by atoms with van der Waals surface area (Å²) >= 11 is 1.12. The number of amides is 1. The van der Waals surface area contributed by atoms with Gasteiger partial charge in [-0.2, -0.15) is 9.36 Å². The van der Waals surface area contributed by atoms with E-state index < -0.39 is 0 Å². The van der Waals surface area contributed by atoms with E-state index in [-0.39, 0.29) is 11.8 Å². The first kappa shape index (κ1) is 18.5. The third kappa shape index (κ3) is 3.69. The molecule has 1 fully saturated rings. The summed E-state index contributed by atoms with van der Waals surface area (Å²) in [5.41, 5.74) is 1.97. The first-order valence-corrected chi connectivity index (χ1v) is 10.3. The summed E-state index contributed by atoms with van der Waals surface area (Å²) in [4.78, 5) is 21.9. The van der Waals surface area contributed by atoms with E-state index in [0.717, 1.165) is 41.3 Å². The number of benzene rings is 2. The van der Waals surface area contributed by atoms with Gasteiger partial charge in [0, 0.05) is 28.6 Å². The van der Waals surface area contributed by atoms with E-state index in [4.69, 9.17) is 9.15 Å². The molecule has 1 amide bonds. The van der Waals surface area contributed by atoms with E-state index >= 15 is 0 Å². The van der Waals surface area contributed by atoms with Crippen LogP contribution in [0.3, 0.4) is 0 Å². The van der Waals surface area contributed by atoms with Gasteiger partial charge in [0.25, 0.3) is 5.91 Å². The minimum absolute atomic E-state index is 0.248. The number of aromatic nitrogens is 3. The fraction of sp³-hybridized carbons (Fsp3) is 0.182. The minimum atomic E-state index is -0.337. The van der Waals surface area contributed by atoms with Crippen molar-refractivity contribution in [1.82, 2.24) is 14.3 Å². The molecule has 0 atom stereocenters. The van der Waals surface area contributed by atoms with Crippen molar-refractivity contribution < 1.29 is 13.9 Å². The molecule has 1 saturated carbocycles. The number of oxazole rings is 1. The van der Waals surface area contributed by atoms with Crippen molar-refractivity contribution in [3.63, 3.8) is 0 Å². The smallest absolute Gasteiger partial charge is 0.279 e. The van der Waals surface area contributed by atoms with Crippen LogP contribution >= 0.6 is 11.5 Å². The first-order valence-electron chi connectivity index (χ1n) is 9.57. The number of carbonyl (C=O) groups excluding carboxylic acids is 1. The molecular formula is C22H18N4O3S. The maximum Gasteiger partial charge on any atom is 0.279 e. The van der Waals surface area contributed by atoms with Crippen LogP contribution in [0.4, 0.5) is 5.13 Å². The van der Waals surface area contributed by atoms with Crippen molar-refractivity contribution in [2.75, 3.05) is 12.4 Å². The Hall–Kier alpha value is -3.52. The summed E-state index contributed by atoms with van der Waals surface area (Å²) in [5, 5.41) is 3.22. The Labute approximate surface area is 176 Å². The predicted octanol–water partition coefficient (Wildman–Crippen LogP) is 5.00. The third-order valence-electron chi connectivity index (χ3n) is 4.81. The van der Waals surface area contributed by atoms with Crippen LogP contribution in [0.5, 0.6) is 5.75 Å². The van der Waals surface area contributed by atoms with Crippen LogP contribution in [-0.4, -0.2) is 27.4 Å². The van der Waals surface area contributed by atoms with Gasteiger partial charge < -0.3 is 9.15 Å². The Kier molecular flexibility index (Phi) is 4.76. The van der Waals surface area contributed by atoms with Crippen LogP contribution in [0.25, 0.3) is 22.8 Å². The van der Waals surface area contributed by atoms with Crippen molar-refractivity contribution in [2.24, 2.45) is 0 Å². The van der Waals surface area contributed by atoms with Crippen LogP contribution in [0, 0.1) is 0 Å². The second-order valence-electron chi connectivity index (χ2n) is 6.98. The molecule has 5 rings (SSSR count). The molecular weight excluding hydrogens is 400 g/mol. The molecule has 1 aliphatic carbocycles. The Morgan fingerprint density at radius 3 is 2.67 bits per heavy atom. The Bertz CT molecular complexity index is 1200. The molecule has 0 aliphatic heterocycles. The summed E-state index contributed by atoms with van der Waals surface area (Å²) in [7, 11) is 1.61. The fourth-order valence-electron chi connectivity index (χ4n) is 3.13. The molecule has 0 radical (unpaired) electrons. The van der Waals surface area contributed by atoms with Crippen molar-refractivity contribution in [3.8, 4) is 28.6 Å². The third-order valence-corrected chi connectivity index (χ3v) is 5.44. The zero-order valence-corrected chi connectivity index (χ0v) is 17.0. The Morgan fingerprint density at radius 2 is 1.90 bits per heavy atom. The minimum Gasteiger partial charge on any atom is -0.497 e. The summed E-state index contributed by atoms with van der Waals surface area (Å²) in [6.45, 7) is 0. The monoisotopic (exact) mass is 418 g/mol. The molecule has 4 aromatic rings. The Balaban J connectivity index is 1.39. The van der Waals surface area contributed by atoms with E-state index in [1.807, 2.05) is 54.6 Å². The Morgan fingerprint density at radius 1 is 1.10 bits per heavy atom. The fourth-order valence-corrected chi connectivity index (χ4v) is 3.72. The highest BCUT2D eigenvalue weighted by Gasteiger charge is 2.34. The van der Waals surface area contributed by atoms with Gasteiger partial charge in [0.1, 0.15) is 11.5 Å². The number of methoxy groups -OCH3 is 1. The van der Waals surface area contributed by atoms with Crippen LogP contribution in [-0.2, 0) is 0 Å². The van der Waals surface area contributed by atoms with Gasteiger partial charge >= 0.3 is 0 Å². The summed E-state index contributed by atoms with van der Waals surface area (Å²) in [6, 6.07) is 17.0. The van der Waals surface area contributed by atoms with Crippen LogP contribution < -0.4 is 10.1 Å². The molecule has 0 unspecified atom stereocenters. The molecule has 2 heterocycles. The van der Waals surface area contributed by atoms with Crippen LogP contribution in [0.15, 0.2) is 59.0 Å². The molecule has 8 heteroatoms. The second-order valence-corrected chi connectivity index (χ2v) is 7.73. The summed E-state index contributed by atoms with van der Waals surface area (Å²) in [5.74, 6) is 2.26. The lowest BCUT2D eigenvalue weighted by Gasteiger charge is -2.01. The van der Waals surface area contributed by atoms with Gasteiger partial charge in [-0.05, 0) is 37.1 Å². The SMILES string of the molecule is COc1cccc(-c2nsc(NC(=O)c3nc(-c4ccccc4)oc3C3CC3)n2)c1. The number of carbonyl (C=O) groups is 1. The van der Waals surface area contributed by atoms with E-state index in [2.05, 4.69) is 19.7 Å². The first-order chi connectivity index (χ1) is 14.7. The molecule has 2 aromatic carbocycles. The van der Waals surface area contributed by atoms with E-state index in [1.165, 1.54) is 0 Å². The average molecular weight is 418 g/mol. The number of anilines is 1. The van der Waals surface area contributed by atoms with Crippen LogP contribution in [0.2, 0.25) is 0 Å². The van der Waals surface area contributed by atoms with Gasteiger partial charge in [-0.3, -0.25) is 10.1 Å². The van der Waals surface area contributed by atoms with Crippen LogP contribution in [0.1, 0.15) is 35.0 Å². The van der Waals surface area contributed by atoms with Crippen molar-refractivity contribution in [3.05, 3.63) is 66.1 Å². The molecule has 0 saturated heterocycles. The lowest BCUT2D eigenvalue weighted by molar-refractivity contribution is 0.102. The van der Waals surface area contributed by atoms with Gasteiger partial charge in [0.2, 0.25) is 11.0 Å². The normalized spacial score (nSPS) is 13.2. The van der Waals surface area contributed by atoms with Gasteiger partial charge in [-0.15, -0.1) is 0 Å². The number of nitrogens with zero attached hydrogens (tertiary/aromatic N) is 3. The van der Waals surface area contributed by atoms with E-state index in [1.54, 1.807) is 7.11 Å². The highest BCUT2D eigenvalue weighted by molar-refractivity contribution is 7.10. The zero-order chi connectivity index (χ0) is 20.5. The number of hydrogen-bond donors (Lipinski definition) is 1. The van der Waals surface area contributed by atoms with Crippen molar-refractivity contribution in [1.29, 1.82) is 0 Å². The molecule has 7 nitrogen and oxygen atoms in total. The highest BCUT2D eigenvalue weighted by atomic mass is 32.1. The quantitative estimate of drug-likeness (QED) is 0.474.